The topological polar surface area (TPSA) is 87.1 Å². The molecule has 110 valence electrons. The second-order valence-corrected chi connectivity index (χ2v) is 5.97. The summed E-state index contributed by atoms with van der Waals surface area (Å²) in [6.07, 6.45) is 2.87. The highest BCUT2D eigenvalue weighted by Gasteiger charge is 2.25. The van der Waals surface area contributed by atoms with E-state index >= 15 is 0 Å². The van der Waals surface area contributed by atoms with Gasteiger partial charge in [0.2, 0.25) is 0 Å². The van der Waals surface area contributed by atoms with Crippen LogP contribution in [0.1, 0.15) is 9.67 Å². The summed E-state index contributed by atoms with van der Waals surface area (Å²) in [4.78, 5) is 21.1. The van der Waals surface area contributed by atoms with Crippen LogP contribution in [-0.2, 0) is 0 Å². The predicted octanol–water partition coefficient (Wildman–Crippen LogP) is 0.515. The average Bonchev–Trinajstić information content (AvgIpc) is 3.15. The van der Waals surface area contributed by atoms with Gasteiger partial charge >= 0.3 is 0 Å². The minimum atomic E-state index is -0.393. The molecule has 7 heteroatoms. The first-order chi connectivity index (χ1) is 10.2. The lowest BCUT2D eigenvalue weighted by Gasteiger charge is -2.13. The van der Waals surface area contributed by atoms with E-state index < -0.39 is 6.10 Å². The SMILES string of the molecule is O=C(NCC1CNCC1O)c1cnc(-c2ccccn2)s1. The number of hydrogen-bond donors (Lipinski definition) is 3. The zero-order valence-electron chi connectivity index (χ0n) is 11.3. The average molecular weight is 304 g/mol. The molecule has 1 saturated heterocycles. The summed E-state index contributed by atoms with van der Waals surface area (Å²) in [5, 5.41) is 16.4. The second kappa shape index (κ2) is 6.30. The van der Waals surface area contributed by atoms with E-state index in [2.05, 4.69) is 20.6 Å². The summed E-state index contributed by atoms with van der Waals surface area (Å²) in [5.74, 6) is -0.0917. The minimum absolute atomic E-state index is 0.0668. The zero-order valence-corrected chi connectivity index (χ0v) is 12.1. The van der Waals surface area contributed by atoms with Gasteiger partial charge in [0.1, 0.15) is 9.88 Å². The summed E-state index contributed by atoms with van der Waals surface area (Å²) in [7, 11) is 0. The number of aliphatic hydroxyl groups excluding tert-OH is 1. The van der Waals surface area contributed by atoms with E-state index in [0.717, 1.165) is 17.2 Å². The maximum Gasteiger partial charge on any atom is 0.263 e. The van der Waals surface area contributed by atoms with Crippen molar-refractivity contribution in [2.75, 3.05) is 19.6 Å². The van der Waals surface area contributed by atoms with Gasteiger partial charge in [-0.05, 0) is 12.1 Å². The highest BCUT2D eigenvalue weighted by molar-refractivity contribution is 7.16. The normalized spacial score (nSPS) is 21.4. The van der Waals surface area contributed by atoms with Gasteiger partial charge in [0, 0.05) is 31.7 Å². The molecule has 0 saturated carbocycles. The van der Waals surface area contributed by atoms with Crippen molar-refractivity contribution in [3.8, 4) is 10.7 Å². The van der Waals surface area contributed by atoms with Crippen LogP contribution in [0, 0.1) is 5.92 Å². The van der Waals surface area contributed by atoms with Crippen molar-refractivity contribution < 1.29 is 9.90 Å². The van der Waals surface area contributed by atoms with Crippen LogP contribution < -0.4 is 10.6 Å². The van der Waals surface area contributed by atoms with E-state index in [1.54, 1.807) is 12.4 Å². The molecule has 1 fully saturated rings. The minimum Gasteiger partial charge on any atom is -0.391 e. The van der Waals surface area contributed by atoms with Crippen LogP contribution in [0.25, 0.3) is 10.7 Å². The summed E-state index contributed by atoms with van der Waals surface area (Å²) >= 11 is 1.31. The third-order valence-electron chi connectivity index (χ3n) is 3.44. The van der Waals surface area contributed by atoms with E-state index in [9.17, 15) is 9.90 Å². The molecule has 0 aromatic carbocycles. The van der Waals surface area contributed by atoms with Gasteiger partial charge in [-0.1, -0.05) is 6.07 Å². The molecule has 1 amide bonds. The van der Waals surface area contributed by atoms with Crippen LogP contribution in [0.15, 0.2) is 30.6 Å². The number of carbonyl (C=O) groups is 1. The van der Waals surface area contributed by atoms with Crippen molar-refractivity contribution in [2.45, 2.75) is 6.10 Å². The molecule has 0 aliphatic carbocycles. The van der Waals surface area contributed by atoms with Crippen molar-refractivity contribution in [1.29, 1.82) is 0 Å². The lowest BCUT2D eigenvalue weighted by Crippen LogP contribution is -2.34. The van der Waals surface area contributed by atoms with Crippen molar-refractivity contribution in [3.63, 3.8) is 0 Å². The summed E-state index contributed by atoms with van der Waals surface area (Å²) in [6, 6.07) is 5.59. The zero-order chi connectivity index (χ0) is 14.7. The molecule has 0 radical (unpaired) electrons. The number of thiazole rings is 1. The molecule has 1 aliphatic heterocycles. The molecule has 6 nitrogen and oxygen atoms in total. The maximum atomic E-state index is 12.1. The standard InChI is InChI=1S/C14H16N4O2S/c19-11-7-15-5-9(11)6-17-13(20)12-8-18-14(21-12)10-3-1-2-4-16-10/h1-4,8-9,11,15,19H,5-7H2,(H,17,20). The molecule has 0 bridgehead atoms. The summed E-state index contributed by atoms with van der Waals surface area (Å²) in [6.45, 7) is 1.78. The highest BCUT2D eigenvalue weighted by Crippen LogP contribution is 2.23. The highest BCUT2D eigenvalue weighted by atomic mass is 32.1. The van der Waals surface area contributed by atoms with E-state index in [1.807, 2.05) is 18.2 Å². The van der Waals surface area contributed by atoms with Crippen LogP contribution in [0.3, 0.4) is 0 Å². The van der Waals surface area contributed by atoms with Crippen molar-refractivity contribution in [3.05, 3.63) is 35.5 Å². The number of nitrogens with zero attached hydrogens (tertiary/aromatic N) is 2. The Morgan fingerprint density at radius 3 is 3.05 bits per heavy atom. The Morgan fingerprint density at radius 1 is 1.43 bits per heavy atom. The van der Waals surface area contributed by atoms with Crippen molar-refractivity contribution >= 4 is 17.2 Å². The lowest BCUT2D eigenvalue weighted by atomic mass is 10.1. The number of β-amino-alcohol motifs (C(OH)–C–C–N with tert-alkyl or cyclic N) is 1. The number of aliphatic hydroxyl groups is 1. The number of pyridine rings is 1. The molecule has 2 aromatic heterocycles. The predicted molar refractivity (Wildman–Crippen MR) is 80.0 cm³/mol. The smallest absolute Gasteiger partial charge is 0.263 e. The molecule has 0 spiro atoms. The van der Waals surface area contributed by atoms with Gasteiger partial charge in [-0.15, -0.1) is 11.3 Å². The lowest BCUT2D eigenvalue weighted by molar-refractivity contribution is 0.0931. The number of nitrogens with one attached hydrogen (secondary N) is 2. The molecule has 21 heavy (non-hydrogen) atoms. The van der Waals surface area contributed by atoms with Crippen LogP contribution in [-0.4, -0.2) is 46.7 Å². The number of hydrogen-bond acceptors (Lipinski definition) is 6. The summed E-state index contributed by atoms with van der Waals surface area (Å²) < 4.78 is 0. The summed E-state index contributed by atoms with van der Waals surface area (Å²) in [5.41, 5.74) is 0.761. The molecule has 3 heterocycles. The molecule has 1 aliphatic rings. The number of carbonyl (C=O) groups excluding carboxylic acids is 1. The first kappa shape index (κ1) is 14.1. The van der Waals surface area contributed by atoms with Crippen LogP contribution in [0.2, 0.25) is 0 Å². The monoisotopic (exact) mass is 304 g/mol. The van der Waals surface area contributed by atoms with Crippen LogP contribution in [0.4, 0.5) is 0 Å². The first-order valence-corrected chi connectivity index (χ1v) is 7.60. The molecule has 3 N–H and O–H groups in total. The van der Waals surface area contributed by atoms with E-state index in [4.69, 9.17) is 0 Å². The Kier molecular flexibility index (Phi) is 4.23. The quantitative estimate of drug-likeness (QED) is 0.766. The van der Waals surface area contributed by atoms with Gasteiger partial charge in [-0.2, -0.15) is 0 Å². The third-order valence-corrected chi connectivity index (χ3v) is 4.46. The third kappa shape index (κ3) is 3.26. The molecule has 2 aromatic rings. The molecule has 2 atom stereocenters. The number of rotatable bonds is 4. The Hall–Kier alpha value is -1.83. The van der Waals surface area contributed by atoms with Gasteiger partial charge in [0.05, 0.1) is 18.0 Å². The Balaban J connectivity index is 1.62. The van der Waals surface area contributed by atoms with Gasteiger partial charge < -0.3 is 15.7 Å². The second-order valence-electron chi connectivity index (χ2n) is 4.94. The molecular formula is C14H16N4O2S. The Bertz CT molecular complexity index is 616. The molecular weight excluding hydrogens is 288 g/mol. The van der Waals surface area contributed by atoms with Gasteiger partial charge in [0.15, 0.2) is 0 Å². The van der Waals surface area contributed by atoms with Gasteiger partial charge in [-0.3, -0.25) is 9.78 Å². The fraction of sp³-hybridized carbons (Fsp3) is 0.357. The van der Waals surface area contributed by atoms with Crippen molar-refractivity contribution in [1.82, 2.24) is 20.6 Å². The van der Waals surface area contributed by atoms with E-state index in [1.165, 1.54) is 11.3 Å². The van der Waals surface area contributed by atoms with Crippen LogP contribution in [0.5, 0.6) is 0 Å². The molecule has 3 rings (SSSR count). The van der Waals surface area contributed by atoms with E-state index in [-0.39, 0.29) is 11.8 Å². The van der Waals surface area contributed by atoms with Gasteiger partial charge in [0.25, 0.3) is 5.91 Å². The number of aromatic nitrogens is 2. The number of amides is 1. The van der Waals surface area contributed by atoms with E-state index in [0.29, 0.717) is 18.0 Å². The van der Waals surface area contributed by atoms with Crippen molar-refractivity contribution in [2.24, 2.45) is 5.92 Å². The maximum absolute atomic E-state index is 12.1. The molecule has 2 unspecified atom stereocenters. The Morgan fingerprint density at radius 2 is 2.33 bits per heavy atom. The Labute approximate surface area is 126 Å². The fourth-order valence-electron chi connectivity index (χ4n) is 2.23. The van der Waals surface area contributed by atoms with Gasteiger partial charge in [-0.25, -0.2) is 4.98 Å². The van der Waals surface area contributed by atoms with Crippen LogP contribution >= 0.6 is 11.3 Å². The first-order valence-electron chi connectivity index (χ1n) is 6.78. The fourth-order valence-corrected chi connectivity index (χ4v) is 3.03. The largest absolute Gasteiger partial charge is 0.391 e.